The second-order valence-electron chi connectivity index (χ2n) is 4.38. The number of hydrogen-bond acceptors (Lipinski definition) is 4. The number of benzene rings is 1. The van der Waals surface area contributed by atoms with E-state index in [9.17, 15) is 4.79 Å². The lowest BCUT2D eigenvalue weighted by atomic mass is 9.92. The maximum absolute atomic E-state index is 12.3. The van der Waals surface area contributed by atoms with Gasteiger partial charge in [0.05, 0.1) is 31.8 Å². The third-order valence-corrected chi connectivity index (χ3v) is 3.08. The summed E-state index contributed by atoms with van der Waals surface area (Å²) in [5, 5.41) is 0. The maximum Gasteiger partial charge on any atom is 0.173 e. The molecule has 1 fully saturated rings. The van der Waals surface area contributed by atoms with Gasteiger partial charge < -0.3 is 15.2 Å². The number of hydrogen-bond donors (Lipinski definition) is 1. The van der Waals surface area contributed by atoms with Crippen LogP contribution in [0.5, 0.6) is 5.75 Å². The second-order valence-corrected chi connectivity index (χ2v) is 4.38. The first kappa shape index (κ1) is 12.1. The Morgan fingerprint density at radius 2 is 2.24 bits per heavy atom. The first-order chi connectivity index (χ1) is 8.13. The fraction of sp³-hybridized carbons (Fsp3) is 0.462. The Hall–Kier alpha value is -1.39. The maximum atomic E-state index is 12.3. The van der Waals surface area contributed by atoms with Crippen molar-refractivity contribution in [3.8, 4) is 5.75 Å². The molecule has 1 aromatic rings. The van der Waals surface area contributed by atoms with Crippen molar-refractivity contribution in [2.24, 2.45) is 11.7 Å². The number of ether oxygens (including phenoxy) is 2. The van der Waals surface area contributed by atoms with Gasteiger partial charge in [0.25, 0.3) is 0 Å². The molecular weight excluding hydrogens is 218 g/mol. The lowest BCUT2D eigenvalue weighted by Crippen LogP contribution is -2.34. The SMILES string of the molecule is COc1ccc(C)cc1C(=O)C1COCC1N. The smallest absolute Gasteiger partial charge is 0.173 e. The quantitative estimate of drug-likeness (QED) is 0.799. The van der Waals surface area contributed by atoms with E-state index in [1.165, 1.54) is 0 Å². The van der Waals surface area contributed by atoms with Gasteiger partial charge in [-0.25, -0.2) is 0 Å². The van der Waals surface area contributed by atoms with Crippen LogP contribution in [-0.2, 0) is 4.74 Å². The van der Waals surface area contributed by atoms with Crippen LogP contribution in [0.15, 0.2) is 18.2 Å². The molecule has 2 atom stereocenters. The van der Waals surface area contributed by atoms with Gasteiger partial charge in [-0.2, -0.15) is 0 Å². The molecule has 2 rings (SSSR count). The van der Waals surface area contributed by atoms with Crippen LogP contribution in [0.1, 0.15) is 15.9 Å². The van der Waals surface area contributed by atoms with E-state index in [1.54, 1.807) is 7.11 Å². The molecule has 92 valence electrons. The predicted molar refractivity (Wildman–Crippen MR) is 64.3 cm³/mol. The summed E-state index contributed by atoms with van der Waals surface area (Å²) in [4.78, 5) is 12.3. The van der Waals surface area contributed by atoms with Gasteiger partial charge in [-0.1, -0.05) is 11.6 Å². The summed E-state index contributed by atoms with van der Waals surface area (Å²) in [7, 11) is 1.56. The Morgan fingerprint density at radius 3 is 2.82 bits per heavy atom. The van der Waals surface area contributed by atoms with Crippen LogP contribution >= 0.6 is 0 Å². The number of carbonyl (C=O) groups is 1. The standard InChI is InChI=1S/C13H17NO3/c1-8-3-4-12(16-2)9(5-8)13(15)10-6-17-7-11(10)14/h3-5,10-11H,6-7,14H2,1-2H3. The average Bonchev–Trinajstić information content (AvgIpc) is 2.74. The van der Waals surface area contributed by atoms with Crippen molar-refractivity contribution in [1.82, 2.24) is 0 Å². The third kappa shape index (κ3) is 2.33. The van der Waals surface area contributed by atoms with Crippen LogP contribution in [0.25, 0.3) is 0 Å². The molecule has 0 saturated carbocycles. The molecule has 0 spiro atoms. The Balaban J connectivity index is 2.32. The Bertz CT molecular complexity index is 431. The first-order valence-electron chi connectivity index (χ1n) is 5.65. The molecule has 0 aromatic heterocycles. The van der Waals surface area contributed by atoms with Crippen LogP contribution in [0.2, 0.25) is 0 Å². The molecule has 4 nitrogen and oxygen atoms in total. The van der Waals surface area contributed by atoms with Crippen LogP contribution in [0.3, 0.4) is 0 Å². The lowest BCUT2D eigenvalue weighted by Gasteiger charge is -2.14. The number of rotatable bonds is 3. The highest BCUT2D eigenvalue weighted by atomic mass is 16.5. The molecule has 1 aromatic carbocycles. The van der Waals surface area contributed by atoms with Crippen LogP contribution in [-0.4, -0.2) is 32.1 Å². The minimum atomic E-state index is -0.259. The molecule has 0 aliphatic carbocycles. The molecule has 0 bridgehead atoms. The summed E-state index contributed by atoms with van der Waals surface area (Å²) < 4.78 is 10.4. The number of nitrogens with two attached hydrogens (primary N) is 1. The molecule has 4 heteroatoms. The molecule has 2 N–H and O–H groups in total. The second kappa shape index (κ2) is 4.85. The van der Waals surface area contributed by atoms with Crippen molar-refractivity contribution in [2.75, 3.05) is 20.3 Å². The molecule has 1 aliphatic rings. The van der Waals surface area contributed by atoms with Crippen molar-refractivity contribution in [3.05, 3.63) is 29.3 Å². The molecule has 2 unspecified atom stereocenters. The van der Waals surface area contributed by atoms with Crippen molar-refractivity contribution in [2.45, 2.75) is 13.0 Å². The Labute approximate surface area is 101 Å². The van der Waals surface area contributed by atoms with Crippen LogP contribution in [0, 0.1) is 12.8 Å². The Morgan fingerprint density at radius 1 is 1.47 bits per heavy atom. The molecule has 1 aliphatic heterocycles. The van der Waals surface area contributed by atoms with Gasteiger partial charge in [-0.3, -0.25) is 4.79 Å². The van der Waals surface area contributed by atoms with Crippen molar-refractivity contribution in [1.29, 1.82) is 0 Å². The van der Waals surface area contributed by atoms with E-state index in [2.05, 4.69) is 0 Å². The van der Waals surface area contributed by atoms with E-state index >= 15 is 0 Å². The van der Waals surface area contributed by atoms with E-state index in [0.717, 1.165) is 5.56 Å². The number of Topliss-reactive ketones (excluding diaryl/α,β-unsaturated/α-hetero) is 1. The molecule has 17 heavy (non-hydrogen) atoms. The summed E-state index contributed by atoms with van der Waals surface area (Å²) in [5.74, 6) is 0.348. The topological polar surface area (TPSA) is 61.5 Å². The highest BCUT2D eigenvalue weighted by Gasteiger charge is 2.33. The summed E-state index contributed by atoms with van der Waals surface area (Å²) >= 11 is 0. The monoisotopic (exact) mass is 235 g/mol. The normalized spacial score (nSPS) is 23.7. The fourth-order valence-electron chi connectivity index (χ4n) is 2.06. The van der Waals surface area contributed by atoms with Gasteiger partial charge in [0, 0.05) is 6.04 Å². The average molecular weight is 235 g/mol. The fourth-order valence-corrected chi connectivity index (χ4v) is 2.06. The van der Waals surface area contributed by atoms with Gasteiger partial charge in [0.1, 0.15) is 5.75 Å². The van der Waals surface area contributed by atoms with E-state index in [4.69, 9.17) is 15.2 Å². The van der Waals surface area contributed by atoms with Crippen LogP contribution < -0.4 is 10.5 Å². The van der Waals surface area contributed by atoms with Crippen LogP contribution in [0.4, 0.5) is 0 Å². The molecule has 0 radical (unpaired) electrons. The number of ketones is 1. The van der Waals surface area contributed by atoms with Gasteiger partial charge in [-0.05, 0) is 19.1 Å². The summed E-state index contributed by atoms with van der Waals surface area (Å²) in [6.07, 6.45) is 0. The lowest BCUT2D eigenvalue weighted by molar-refractivity contribution is 0.0893. The zero-order valence-electron chi connectivity index (χ0n) is 10.1. The third-order valence-electron chi connectivity index (χ3n) is 3.08. The van der Waals surface area contributed by atoms with Gasteiger partial charge >= 0.3 is 0 Å². The van der Waals surface area contributed by atoms with E-state index < -0.39 is 0 Å². The van der Waals surface area contributed by atoms with Gasteiger partial charge in [0.15, 0.2) is 5.78 Å². The number of methoxy groups -OCH3 is 1. The highest BCUT2D eigenvalue weighted by molar-refractivity contribution is 6.01. The Kier molecular flexibility index (Phi) is 3.45. The predicted octanol–water partition coefficient (Wildman–Crippen LogP) is 1.16. The summed E-state index contributed by atoms with van der Waals surface area (Å²) in [5.41, 5.74) is 7.49. The van der Waals surface area contributed by atoms with Crippen molar-refractivity contribution in [3.63, 3.8) is 0 Å². The van der Waals surface area contributed by atoms with E-state index in [-0.39, 0.29) is 17.7 Å². The van der Waals surface area contributed by atoms with Crippen molar-refractivity contribution >= 4 is 5.78 Å². The molecule has 1 saturated heterocycles. The van der Waals surface area contributed by atoms with Gasteiger partial charge in [-0.15, -0.1) is 0 Å². The molecular formula is C13H17NO3. The summed E-state index contributed by atoms with van der Waals surface area (Å²) in [6.45, 7) is 2.79. The first-order valence-corrected chi connectivity index (χ1v) is 5.65. The van der Waals surface area contributed by atoms with Gasteiger partial charge in [0.2, 0.25) is 0 Å². The summed E-state index contributed by atoms with van der Waals surface area (Å²) in [6, 6.07) is 5.35. The van der Waals surface area contributed by atoms with E-state index in [0.29, 0.717) is 24.5 Å². The number of aryl methyl sites for hydroxylation is 1. The largest absolute Gasteiger partial charge is 0.496 e. The zero-order chi connectivity index (χ0) is 12.4. The van der Waals surface area contributed by atoms with Crippen molar-refractivity contribution < 1.29 is 14.3 Å². The van der Waals surface area contributed by atoms with E-state index in [1.807, 2.05) is 25.1 Å². The highest BCUT2D eigenvalue weighted by Crippen LogP contribution is 2.25. The number of carbonyl (C=O) groups excluding carboxylic acids is 1. The minimum Gasteiger partial charge on any atom is -0.496 e. The minimum absolute atomic E-state index is 0.00977. The molecule has 0 amide bonds. The zero-order valence-corrected chi connectivity index (χ0v) is 10.1. The molecule has 1 heterocycles.